The van der Waals surface area contributed by atoms with Crippen LogP contribution in [0.25, 0.3) is 0 Å². The van der Waals surface area contributed by atoms with Crippen LogP contribution < -0.4 is 5.32 Å². The van der Waals surface area contributed by atoms with E-state index in [0.717, 1.165) is 26.2 Å². The lowest BCUT2D eigenvalue weighted by molar-refractivity contribution is -0.130. The number of hydrogen-bond acceptors (Lipinski definition) is 3. The quantitative estimate of drug-likeness (QED) is 0.787. The summed E-state index contributed by atoms with van der Waals surface area (Å²) in [5.74, 6) is 0.293. The normalized spacial score (nSPS) is 27.1. The highest BCUT2D eigenvalue weighted by Gasteiger charge is 2.21. The first-order valence-corrected chi connectivity index (χ1v) is 6.95. The summed E-state index contributed by atoms with van der Waals surface area (Å²) in [6, 6.07) is 0.510. The van der Waals surface area contributed by atoms with Crippen LogP contribution in [0.5, 0.6) is 0 Å². The summed E-state index contributed by atoms with van der Waals surface area (Å²) >= 11 is 0. The molecule has 2 fully saturated rings. The van der Waals surface area contributed by atoms with Crippen molar-refractivity contribution in [2.75, 3.05) is 39.8 Å². The van der Waals surface area contributed by atoms with Gasteiger partial charge in [0.2, 0.25) is 5.91 Å². The molecule has 2 heterocycles. The van der Waals surface area contributed by atoms with Gasteiger partial charge in [0.05, 0.1) is 6.54 Å². The molecule has 2 aliphatic heterocycles. The molecule has 2 rings (SSSR count). The maximum absolute atomic E-state index is 12.0. The summed E-state index contributed by atoms with van der Waals surface area (Å²) in [5.41, 5.74) is 0. The summed E-state index contributed by atoms with van der Waals surface area (Å²) in [7, 11) is 2.14. The van der Waals surface area contributed by atoms with Gasteiger partial charge < -0.3 is 15.1 Å². The monoisotopic (exact) mass is 239 g/mol. The Morgan fingerprint density at radius 2 is 1.88 bits per heavy atom. The number of nitrogens with zero attached hydrogens (tertiary/aromatic N) is 2. The van der Waals surface area contributed by atoms with E-state index in [1.54, 1.807) is 0 Å². The van der Waals surface area contributed by atoms with E-state index < -0.39 is 0 Å². The Bertz CT molecular complexity index is 249. The molecule has 1 N–H and O–H groups in total. The molecule has 0 aliphatic carbocycles. The molecule has 1 atom stereocenters. The molecule has 0 spiro atoms. The number of likely N-dealkylation sites (tertiary alicyclic amines) is 2. The van der Waals surface area contributed by atoms with E-state index >= 15 is 0 Å². The van der Waals surface area contributed by atoms with Gasteiger partial charge >= 0.3 is 0 Å². The van der Waals surface area contributed by atoms with Crippen LogP contribution >= 0.6 is 0 Å². The second-order valence-electron chi connectivity index (χ2n) is 5.42. The molecule has 0 bridgehead atoms. The van der Waals surface area contributed by atoms with Gasteiger partial charge in [-0.25, -0.2) is 0 Å². The van der Waals surface area contributed by atoms with Gasteiger partial charge in [-0.2, -0.15) is 0 Å². The van der Waals surface area contributed by atoms with E-state index in [-0.39, 0.29) is 0 Å². The summed E-state index contributed by atoms with van der Waals surface area (Å²) in [4.78, 5) is 16.4. The molecule has 98 valence electrons. The van der Waals surface area contributed by atoms with Crippen molar-refractivity contribution in [1.82, 2.24) is 15.1 Å². The van der Waals surface area contributed by atoms with E-state index in [4.69, 9.17) is 0 Å². The Kier molecular flexibility index (Phi) is 4.80. The fourth-order valence-electron chi connectivity index (χ4n) is 2.77. The van der Waals surface area contributed by atoms with Crippen LogP contribution in [-0.2, 0) is 4.79 Å². The Labute approximate surface area is 104 Å². The van der Waals surface area contributed by atoms with Gasteiger partial charge in [-0.05, 0) is 32.9 Å². The second kappa shape index (κ2) is 6.36. The molecule has 0 aromatic heterocycles. The minimum absolute atomic E-state index is 0.293. The molecule has 4 heteroatoms. The highest BCUT2D eigenvalue weighted by atomic mass is 16.2. The average molecular weight is 239 g/mol. The Balaban J connectivity index is 1.69. The summed E-state index contributed by atoms with van der Waals surface area (Å²) < 4.78 is 0. The highest BCUT2D eigenvalue weighted by molar-refractivity contribution is 5.78. The van der Waals surface area contributed by atoms with Gasteiger partial charge in [0.1, 0.15) is 0 Å². The van der Waals surface area contributed by atoms with Crippen molar-refractivity contribution in [3.05, 3.63) is 0 Å². The fourth-order valence-corrected chi connectivity index (χ4v) is 2.77. The number of hydrogen-bond donors (Lipinski definition) is 1. The van der Waals surface area contributed by atoms with Gasteiger partial charge in [0.15, 0.2) is 0 Å². The fraction of sp³-hybridized carbons (Fsp3) is 0.923. The maximum Gasteiger partial charge on any atom is 0.236 e. The third kappa shape index (κ3) is 3.96. The van der Waals surface area contributed by atoms with Gasteiger partial charge in [0.25, 0.3) is 0 Å². The smallest absolute Gasteiger partial charge is 0.236 e. The molecule has 17 heavy (non-hydrogen) atoms. The van der Waals surface area contributed by atoms with E-state index in [9.17, 15) is 4.79 Å². The zero-order valence-electron chi connectivity index (χ0n) is 11.0. The van der Waals surface area contributed by atoms with Crippen LogP contribution in [0.3, 0.4) is 0 Å². The second-order valence-corrected chi connectivity index (χ2v) is 5.42. The Morgan fingerprint density at radius 3 is 2.47 bits per heavy atom. The van der Waals surface area contributed by atoms with Crippen molar-refractivity contribution in [3.8, 4) is 0 Å². The lowest BCUT2D eigenvalue weighted by atomic mass is 10.2. The SMILES string of the molecule is CN1CCC(NCC(=O)N2CCCCCC2)C1. The third-order valence-electron chi connectivity index (χ3n) is 3.89. The molecule has 4 nitrogen and oxygen atoms in total. The molecule has 1 unspecified atom stereocenters. The third-order valence-corrected chi connectivity index (χ3v) is 3.89. The molecule has 0 aromatic carbocycles. The number of nitrogens with one attached hydrogen (secondary N) is 1. The van der Waals surface area contributed by atoms with Gasteiger partial charge in [0, 0.05) is 25.7 Å². The van der Waals surface area contributed by atoms with E-state index in [1.165, 1.54) is 32.1 Å². The first-order valence-electron chi connectivity index (χ1n) is 6.95. The largest absolute Gasteiger partial charge is 0.342 e. The topological polar surface area (TPSA) is 35.6 Å². The van der Waals surface area contributed by atoms with Crippen molar-refractivity contribution in [1.29, 1.82) is 0 Å². The molecule has 0 saturated carbocycles. The zero-order valence-corrected chi connectivity index (χ0v) is 11.0. The van der Waals surface area contributed by atoms with Gasteiger partial charge in [-0.15, -0.1) is 0 Å². The summed E-state index contributed by atoms with van der Waals surface area (Å²) in [6.07, 6.45) is 6.09. The lowest BCUT2D eigenvalue weighted by Gasteiger charge is -2.21. The van der Waals surface area contributed by atoms with E-state index in [0.29, 0.717) is 18.5 Å². The molecule has 1 amide bonds. The molecular formula is C13H25N3O. The highest BCUT2D eigenvalue weighted by Crippen LogP contribution is 2.10. The van der Waals surface area contributed by atoms with Crippen LogP contribution in [0.2, 0.25) is 0 Å². The van der Waals surface area contributed by atoms with Crippen molar-refractivity contribution >= 4 is 5.91 Å². The predicted molar refractivity (Wildman–Crippen MR) is 69.0 cm³/mol. The van der Waals surface area contributed by atoms with Crippen molar-refractivity contribution < 1.29 is 4.79 Å². The standard InChI is InChI=1S/C13H25N3O/c1-15-9-6-12(11-15)14-10-13(17)16-7-4-2-3-5-8-16/h12,14H,2-11H2,1H3. The predicted octanol–water partition coefficient (Wildman–Crippen LogP) is 0.683. The Hall–Kier alpha value is -0.610. The van der Waals surface area contributed by atoms with Gasteiger partial charge in [-0.3, -0.25) is 4.79 Å². The van der Waals surface area contributed by atoms with Crippen LogP contribution in [0.1, 0.15) is 32.1 Å². The zero-order chi connectivity index (χ0) is 12.1. The summed E-state index contributed by atoms with van der Waals surface area (Å²) in [6.45, 7) is 4.68. The molecule has 2 aliphatic rings. The molecule has 2 saturated heterocycles. The minimum atomic E-state index is 0.293. The first kappa shape index (κ1) is 12.8. The van der Waals surface area contributed by atoms with Crippen LogP contribution in [0, 0.1) is 0 Å². The molecule has 0 aromatic rings. The van der Waals surface area contributed by atoms with Crippen molar-refractivity contribution in [2.24, 2.45) is 0 Å². The number of rotatable bonds is 3. The van der Waals surface area contributed by atoms with Crippen molar-refractivity contribution in [2.45, 2.75) is 38.1 Å². The Morgan fingerprint density at radius 1 is 1.18 bits per heavy atom. The maximum atomic E-state index is 12.0. The van der Waals surface area contributed by atoms with Crippen molar-refractivity contribution in [3.63, 3.8) is 0 Å². The van der Waals surface area contributed by atoms with Gasteiger partial charge in [-0.1, -0.05) is 12.8 Å². The number of likely N-dealkylation sites (N-methyl/N-ethyl adjacent to an activating group) is 1. The molecule has 0 radical (unpaired) electrons. The average Bonchev–Trinajstić information content (AvgIpc) is 2.58. The van der Waals surface area contributed by atoms with E-state index in [1.807, 2.05) is 4.90 Å². The van der Waals surface area contributed by atoms with Crippen LogP contribution in [-0.4, -0.2) is 61.5 Å². The lowest BCUT2D eigenvalue weighted by Crippen LogP contribution is -2.42. The molecular weight excluding hydrogens is 214 g/mol. The van der Waals surface area contributed by atoms with Crippen LogP contribution in [0.4, 0.5) is 0 Å². The number of carbonyl (C=O) groups is 1. The van der Waals surface area contributed by atoms with Crippen LogP contribution in [0.15, 0.2) is 0 Å². The minimum Gasteiger partial charge on any atom is -0.342 e. The number of amides is 1. The summed E-state index contributed by atoms with van der Waals surface area (Å²) in [5, 5.41) is 3.40. The first-order chi connectivity index (χ1) is 8.25. The number of carbonyl (C=O) groups excluding carboxylic acids is 1. The van der Waals surface area contributed by atoms with E-state index in [2.05, 4.69) is 17.3 Å².